The zero-order valence-corrected chi connectivity index (χ0v) is 15.5. The molecule has 0 saturated heterocycles. The molecule has 2 atom stereocenters. The summed E-state index contributed by atoms with van der Waals surface area (Å²) in [4.78, 5) is 8.99. The molecule has 1 aromatic heterocycles. The minimum absolute atomic E-state index is 0.0292. The van der Waals surface area contributed by atoms with Crippen LogP contribution in [-0.2, 0) is 11.3 Å². The SMILES string of the molecule is Cc1cnc(Nc2cc(C)c3c(c2)COB3O)nc1NC1CCCC1C#N. The van der Waals surface area contributed by atoms with Crippen molar-refractivity contribution in [2.24, 2.45) is 5.92 Å². The monoisotopic (exact) mass is 363 g/mol. The summed E-state index contributed by atoms with van der Waals surface area (Å²) < 4.78 is 5.30. The van der Waals surface area contributed by atoms with E-state index in [0.29, 0.717) is 12.6 Å². The Hall–Kier alpha value is -2.63. The van der Waals surface area contributed by atoms with Gasteiger partial charge in [-0.3, -0.25) is 0 Å². The smallest absolute Gasteiger partial charge is 0.423 e. The molecular weight excluding hydrogens is 341 g/mol. The number of benzene rings is 1. The fourth-order valence-corrected chi connectivity index (χ4v) is 3.91. The molecule has 1 aliphatic carbocycles. The van der Waals surface area contributed by atoms with Crippen LogP contribution in [-0.4, -0.2) is 28.2 Å². The third-order valence-electron chi connectivity index (χ3n) is 5.35. The van der Waals surface area contributed by atoms with Gasteiger partial charge in [0, 0.05) is 23.5 Å². The Morgan fingerprint density at radius 2 is 2.15 bits per heavy atom. The molecule has 0 radical (unpaired) electrons. The van der Waals surface area contributed by atoms with Gasteiger partial charge in [-0.1, -0.05) is 0 Å². The van der Waals surface area contributed by atoms with E-state index in [1.807, 2.05) is 26.0 Å². The van der Waals surface area contributed by atoms with E-state index in [1.165, 1.54) is 0 Å². The maximum atomic E-state index is 9.89. The van der Waals surface area contributed by atoms with Crippen molar-refractivity contribution in [3.05, 3.63) is 35.0 Å². The predicted molar refractivity (Wildman–Crippen MR) is 104 cm³/mol. The minimum Gasteiger partial charge on any atom is -0.423 e. The van der Waals surface area contributed by atoms with Crippen molar-refractivity contribution >= 4 is 30.0 Å². The Morgan fingerprint density at radius 1 is 1.30 bits per heavy atom. The molecule has 8 heteroatoms. The normalized spacial score (nSPS) is 21.0. The molecule has 27 heavy (non-hydrogen) atoms. The van der Waals surface area contributed by atoms with Gasteiger partial charge in [-0.15, -0.1) is 0 Å². The Morgan fingerprint density at radius 3 is 2.96 bits per heavy atom. The van der Waals surface area contributed by atoms with Crippen molar-refractivity contribution in [1.82, 2.24) is 9.97 Å². The highest BCUT2D eigenvalue weighted by atomic mass is 16.5. The van der Waals surface area contributed by atoms with Gasteiger partial charge in [-0.2, -0.15) is 10.2 Å². The van der Waals surface area contributed by atoms with Crippen molar-refractivity contribution in [2.45, 2.75) is 45.8 Å². The molecule has 138 valence electrons. The summed E-state index contributed by atoms with van der Waals surface area (Å²) in [5.41, 5.74) is 4.59. The van der Waals surface area contributed by atoms with Crippen molar-refractivity contribution in [2.75, 3.05) is 10.6 Å². The van der Waals surface area contributed by atoms with Gasteiger partial charge in [0.15, 0.2) is 0 Å². The average molecular weight is 363 g/mol. The summed E-state index contributed by atoms with van der Waals surface area (Å²) in [6.07, 6.45) is 4.76. The minimum atomic E-state index is -0.847. The van der Waals surface area contributed by atoms with Crippen LogP contribution >= 0.6 is 0 Å². The summed E-state index contributed by atoms with van der Waals surface area (Å²) in [6, 6.07) is 6.43. The molecule has 1 saturated carbocycles. The average Bonchev–Trinajstić information content (AvgIpc) is 3.24. The summed E-state index contributed by atoms with van der Waals surface area (Å²) in [5, 5.41) is 25.9. The van der Waals surface area contributed by atoms with Crippen LogP contribution in [0.5, 0.6) is 0 Å². The van der Waals surface area contributed by atoms with Crippen molar-refractivity contribution < 1.29 is 9.68 Å². The number of rotatable bonds is 4. The van der Waals surface area contributed by atoms with E-state index in [9.17, 15) is 10.3 Å². The summed E-state index contributed by atoms with van der Waals surface area (Å²) in [7, 11) is -0.847. The van der Waals surface area contributed by atoms with Crippen molar-refractivity contribution in [3.63, 3.8) is 0 Å². The highest BCUT2D eigenvalue weighted by Crippen LogP contribution is 2.29. The van der Waals surface area contributed by atoms with Gasteiger partial charge in [-0.25, -0.2) is 4.98 Å². The molecule has 1 fully saturated rings. The molecule has 2 aliphatic rings. The number of aromatic nitrogens is 2. The van der Waals surface area contributed by atoms with Crippen LogP contribution in [0.25, 0.3) is 0 Å². The van der Waals surface area contributed by atoms with Gasteiger partial charge in [0.05, 0.1) is 18.6 Å². The van der Waals surface area contributed by atoms with Gasteiger partial charge < -0.3 is 20.3 Å². The van der Waals surface area contributed by atoms with E-state index in [0.717, 1.165) is 52.9 Å². The van der Waals surface area contributed by atoms with Crippen LogP contribution in [0.15, 0.2) is 18.3 Å². The molecular formula is C19H22BN5O2. The topological polar surface area (TPSA) is 103 Å². The summed E-state index contributed by atoms with van der Waals surface area (Å²) in [5.74, 6) is 1.28. The molecule has 0 amide bonds. The number of nitrogens with one attached hydrogen (secondary N) is 2. The van der Waals surface area contributed by atoms with Gasteiger partial charge in [0.1, 0.15) is 5.82 Å². The number of hydrogen-bond acceptors (Lipinski definition) is 7. The Kier molecular flexibility index (Phi) is 4.73. The highest BCUT2D eigenvalue weighted by molar-refractivity contribution is 6.62. The maximum absolute atomic E-state index is 9.89. The van der Waals surface area contributed by atoms with Crippen molar-refractivity contribution in [1.29, 1.82) is 5.26 Å². The van der Waals surface area contributed by atoms with Gasteiger partial charge in [0.25, 0.3) is 0 Å². The van der Waals surface area contributed by atoms with E-state index < -0.39 is 7.12 Å². The number of aryl methyl sites for hydroxylation is 2. The molecule has 4 rings (SSSR count). The van der Waals surface area contributed by atoms with Crippen LogP contribution in [0.3, 0.4) is 0 Å². The lowest BCUT2D eigenvalue weighted by Gasteiger charge is -2.18. The molecule has 3 N–H and O–H groups in total. The lowest BCUT2D eigenvalue weighted by molar-refractivity contribution is 0.275. The first-order valence-electron chi connectivity index (χ1n) is 9.25. The van der Waals surface area contributed by atoms with Crippen LogP contribution in [0, 0.1) is 31.1 Å². The van der Waals surface area contributed by atoms with E-state index >= 15 is 0 Å². The second kappa shape index (κ2) is 7.18. The summed E-state index contributed by atoms with van der Waals surface area (Å²) in [6.45, 7) is 4.30. The van der Waals surface area contributed by atoms with Gasteiger partial charge >= 0.3 is 7.12 Å². The number of nitriles is 1. The van der Waals surface area contributed by atoms with E-state index in [2.05, 4.69) is 26.7 Å². The largest absolute Gasteiger partial charge is 0.492 e. The molecule has 2 aromatic rings. The number of anilines is 3. The molecule has 0 bridgehead atoms. The Bertz CT molecular complexity index is 914. The Labute approximate surface area is 158 Å². The fourth-order valence-electron chi connectivity index (χ4n) is 3.91. The number of hydrogen-bond donors (Lipinski definition) is 3. The second-order valence-corrected chi connectivity index (χ2v) is 7.30. The third kappa shape index (κ3) is 3.48. The van der Waals surface area contributed by atoms with Gasteiger partial charge in [-0.05, 0) is 61.8 Å². The van der Waals surface area contributed by atoms with Crippen LogP contribution in [0.2, 0.25) is 0 Å². The fraction of sp³-hybridized carbons (Fsp3) is 0.421. The first-order chi connectivity index (χ1) is 13.0. The lowest BCUT2D eigenvalue weighted by Crippen LogP contribution is -2.30. The molecule has 2 unspecified atom stereocenters. The van der Waals surface area contributed by atoms with E-state index in [-0.39, 0.29) is 12.0 Å². The number of fused-ring (bicyclic) bond motifs is 1. The third-order valence-corrected chi connectivity index (χ3v) is 5.35. The first kappa shape index (κ1) is 17.8. The highest BCUT2D eigenvalue weighted by Gasteiger charge is 2.30. The molecule has 7 nitrogen and oxygen atoms in total. The van der Waals surface area contributed by atoms with Crippen LogP contribution in [0.1, 0.15) is 36.0 Å². The molecule has 0 spiro atoms. The zero-order valence-electron chi connectivity index (χ0n) is 15.5. The molecule has 1 aliphatic heterocycles. The standard InChI is InChI=1S/C19H22BN5O2/c1-11-6-15(7-14-10-27-20(26)17(11)14)23-19-22-9-12(2)18(25-19)24-16-5-3-4-13(16)8-21/h6-7,9,13,16,26H,3-5,10H2,1-2H3,(H2,22,23,24,25). The van der Waals surface area contributed by atoms with Crippen LogP contribution in [0.4, 0.5) is 17.5 Å². The van der Waals surface area contributed by atoms with Crippen LogP contribution < -0.4 is 16.1 Å². The van der Waals surface area contributed by atoms with Crippen molar-refractivity contribution in [3.8, 4) is 6.07 Å². The van der Waals surface area contributed by atoms with E-state index in [4.69, 9.17) is 4.65 Å². The lowest BCUT2D eigenvalue weighted by atomic mass is 9.76. The van der Waals surface area contributed by atoms with E-state index in [1.54, 1.807) is 6.20 Å². The number of nitrogens with zero attached hydrogens (tertiary/aromatic N) is 3. The zero-order chi connectivity index (χ0) is 19.0. The first-order valence-corrected chi connectivity index (χ1v) is 9.25. The summed E-state index contributed by atoms with van der Waals surface area (Å²) >= 11 is 0. The maximum Gasteiger partial charge on any atom is 0.492 e. The Balaban J connectivity index is 1.55. The quantitative estimate of drug-likeness (QED) is 0.715. The predicted octanol–water partition coefficient (Wildman–Crippen LogP) is 2.16. The second-order valence-electron chi connectivity index (χ2n) is 7.30. The molecule has 1 aromatic carbocycles. The van der Waals surface area contributed by atoms with Gasteiger partial charge in [0.2, 0.25) is 5.95 Å². The molecule has 2 heterocycles.